The second-order valence-electron chi connectivity index (χ2n) is 1.61. The Morgan fingerprint density at radius 1 is 1.75 bits per heavy atom. The number of hydrogen-bond donors (Lipinski definition) is 0. The van der Waals surface area contributed by atoms with Gasteiger partial charge < -0.3 is 0 Å². The minimum Gasteiger partial charge on any atom is -0.232 e. The summed E-state index contributed by atoms with van der Waals surface area (Å²) in [6.45, 7) is -0.0443. The molecule has 0 spiro atoms. The van der Waals surface area contributed by atoms with Crippen LogP contribution in [0.15, 0.2) is 23.1 Å². The minimum absolute atomic E-state index is 0.0443. The summed E-state index contributed by atoms with van der Waals surface area (Å²) >= 11 is 1.68. The summed E-state index contributed by atoms with van der Waals surface area (Å²) in [7, 11) is 0. The van der Waals surface area contributed by atoms with E-state index in [1.54, 1.807) is 11.8 Å². The Bertz CT molecular complexity index is 126. The van der Waals surface area contributed by atoms with Crippen molar-refractivity contribution in [3.05, 3.63) is 23.1 Å². The van der Waals surface area contributed by atoms with Crippen molar-refractivity contribution in [3.8, 4) is 0 Å². The SMILES string of the molecule is [O]CC1=CC=CSC1. The molecule has 1 aliphatic heterocycles. The van der Waals surface area contributed by atoms with Crippen molar-refractivity contribution in [3.63, 3.8) is 0 Å². The largest absolute Gasteiger partial charge is 0.232 e. The Labute approximate surface area is 53.1 Å². The summed E-state index contributed by atoms with van der Waals surface area (Å²) in [4.78, 5) is 0. The molecule has 0 saturated carbocycles. The van der Waals surface area contributed by atoms with Gasteiger partial charge in [0.05, 0.1) is 0 Å². The second kappa shape index (κ2) is 2.95. The lowest BCUT2D eigenvalue weighted by Gasteiger charge is -2.01. The van der Waals surface area contributed by atoms with Crippen molar-refractivity contribution >= 4 is 11.8 Å². The Morgan fingerprint density at radius 2 is 2.62 bits per heavy atom. The summed E-state index contributed by atoms with van der Waals surface area (Å²) in [5, 5.41) is 12.2. The van der Waals surface area contributed by atoms with E-state index in [1.165, 1.54) is 0 Å². The van der Waals surface area contributed by atoms with E-state index in [1.807, 2.05) is 17.6 Å². The quantitative estimate of drug-likeness (QED) is 0.524. The molecule has 0 aromatic rings. The molecular formula is C6H7OS. The maximum absolute atomic E-state index is 10.2. The van der Waals surface area contributed by atoms with Crippen molar-refractivity contribution in [2.45, 2.75) is 0 Å². The average molecular weight is 127 g/mol. The van der Waals surface area contributed by atoms with Crippen molar-refractivity contribution in [1.82, 2.24) is 0 Å². The number of hydrogen-bond acceptors (Lipinski definition) is 1. The smallest absolute Gasteiger partial charge is 0.104 e. The number of thioether (sulfide) groups is 1. The lowest BCUT2D eigenvalue weighted by atomic mass is 10.3. The highest BCUT2D eigenvalue weighted by Gasteiger charge is 1.96. The molecule has 0 amide bonds. The maximum Gasteiger partial charge on any atom is 0.104 e. The Kier molecular flexibility index (Phi) is 2.18. The van der Waals surface area contributed by atoms with Crippen LogP contribution >= 0.6 is 11.8 Å². The van der Waals surface area contributed by atoms with Crippen molar-refractivity contribution in [2.24, 2.45) is 0 Å². The van der Waals surface area contributed by atoms with E-state index in [9.17, 15) is 5.11 Å². The zero-order chi connectivity index (χ0) is 5.82. The molecule has 0 aromatic carbocycles. The van der Waals surface area contributed by atoms with Crippen LogP contribution in [0.25, 0.3) is 0 Å². The molecule has 0 fully saturated rings. The lowest BCUT2D eigenvalue weighted by molar-refractivity contribution is 0.224. The molecule has 0 atom stereocenters. The van der Waals surface area contributed by atoms with Gasteiger partial charge in [-0.15, -0.1) is 11.8 Å². The maximum atomic E-state index is 10.2. The van der Waals surface area contributed by atoms with Crippen LogP contribution in [0.2, 0.25) is 0 Å². The summed E-state index contributed by atoms with van der Waals surface area (Å²) in [6.07, 6.45) is 3.81. The van der Waals surface area contributed by atoms with E-state index >= 15 is 0 Å². The third-order valence-electron chi connectivity index (χ3n) is 0.961. The molecule has 2 heteroatoms. The van der Waals surface area contributed by atoms with Crippen LogP contribution in [-0.2, 0) is 5.11 Å². The van der Waals surface area contributed by atoms with Gasteiger partial charge in [-0.05, 0) is 11.0 Å². The molecule has 8 heavy (non-hydrogen) atoms. The average Bonchev–Trinajstić information content (AvgIpc) is 1.90. The third-order valence-corrected chi connectivity index (χ3v) is 1.85. The van der Waals surface area contributed by atoms with Gasteiger partial charge in [0.1, 0.15) is 6.61 Å². The standard InChI is InChI=1S/C6H7OS/c7-4-6-2-1-3-8-5-6/h1-3H,4-5H2. The Balaban J connectivity index is 2.50. The highest BCUT2D eigenvalue weighted by Crippen LogP contribution is 2.13. The van der Waals surface area contributed by atoms with Crippen molar-refractivity contribution in [1.29, 1.82) is 0 Å². The van der Waals surface area contributed by atoms with E-state index in [0.29, 0.717) is 0 Å². The summed E-state index contributed by atoms with van der Waals surface area (Å²) in [6, 6.07) is 0. The first-order valence-electron chi connectivity index (χ1n) is 2.48. The molecule has 1 nitrogen and oxygen atoms in total. The van der Waals surface area contributed by atoms with Gasteiger partial charge in [-0.3, -0.25) is 0 Å². The first-order valence-corrected chi connectivity index (χ1v) is 3.52. The molecular weight excluding hydrogens is 120 g/mol. The number of allylic oxidation sites excluding steroid dienone is 2. The van der Waals surface area contributed by atoms with E-state index < -0.39 is 0 Å². The fourth-order valence-corrected chi connectivity index (χ4v) is 1.20. The van der Waals surface area contributed by atoms with Crippen LogP contribution in [0, 0.1) is 0 Å². The Hall–Kier alpha value is -0.210. The monoisotopic (exact) mass is 127 g/mol. The molecule has 1 radical (unpaired) electrons. The van der Waals surface area contributed by atoms with Gasteiger partial charge >= 0.3 is 0 Å². The molecule has 0 N–H and O–H groups in total. The fourth-order valence-electron chi connectivity index (χ4n) is 0.524. The van der Waals surface area contributed by atoms with E-state index in [-0.39, 0.29) is 6.61 Å². The van der Waals surface area contributed by atoms with Gasteiger partial charge in [0.15, 0.2) is 0 Å². The molecule has 43 valence electrons. The van der Waals surface area contributed by atoms with Gasteiger partial charge in [0.2, 0.25) is 0 Å². The van der Waals surface area contributed by atoms with E-state index in [0.717, 1.165) is 11.3 Å². The summed E-state index contributed by atoms with van der Waals surface area (Å²) in [5.41, 5.74) is 0.998. The van der Waals surface area contributed by atoms with Gasteiger partial charge in [-0.25, -0.2) is 5.11 Å². The van der Waals surface area contributed by atoms with Gasteiger partial charge in [-0.2, -0.15) is 0 Å². The first kappa shape index (κ1) is 5.92. The zero-order valence-corrected chi connectivity index (χ0v) is 5.28. The normalized spacial score (nSPS) is 18.4. The van der Waals surface area contributed by atoms with Crippen LogP contribution in [-0.4, -0.2) is 12.4 Å². The highest BCUT2D eigenvalue weighted by atomic mass is 32.2. The minimum atomic E-state index is -0.0443. The molecule has 0 aliphatic carbocycles. The molecule has 1 aliphatic rings. The van der Waals surface area contributed by atoms with Crippen LogP contribution < -0.4 is 0 Å². The van der Waals surface area contributed by atoms with Crippen molar-refractivity contribution in [2.75, 3.05) is 12.4 Å². The molecule has 0 aromatic heterocycles. The fraction of sp³-hybridized carbons (Fsp3) is 0.333. The van der Waals surface area contributed by atoms with Gasteiger partial charge in [0.25, 0.3) is 0 Å². The Morgan fingerprint density at radius 3 is 3.00 bits per heavy atom. The first-order chi connectivity index (χ1) is 3.93. The predicted molar refractivity (Wildman–Crippen MR) is 35.2 cm³/mol. The van der Waals surface area contributed by atoms with Crippen LogP contribution in [0.1, 0.15) is 0 Å². The van der Waals surface area contributed by atoms with Crippen LogP contribution in [0.3, 0.4) is 0 Å². The van der Waals surface area contributed by atoms with E-state index in [4.69, 9.17) is 0 Å². The van der Waals surface area contributed by atoms with E-state index in [2.05, 4.69) is 0 Å². The highest BCUT2D eigenvalue weighted by molar-refractivity contribution is 8.02. The number of rotatable bonds is 1. The zero-order valence-electron chi connectivity index (χ0n) is 4.46. The second-order valence-corrected chi connectivity index (χ2v) is 2.50. The third kappa shape index (κ3) is 1.39. The van der Waals surface area contributed by atoms with Gasteiger partial charge in [-0.1, -0.05) is 12.2 Å². The van der Waals surface area contributed by atoms with Crippen LogP contribution in [0.4, 0.5) is 0 Å². The van der Waals surface area contributed by atoms with Crippen LogP contribution in [0.5, 0.6) is 0 Å². The van der Waals surface area contributed by atoms with Crippen molar-refractivity contribution < 1.29 is 5.11 Å². The lowest BCUT2D eigenvalue weighted by Crippen LogP contribution is -1.92. The molecule has 0 bridgehead atoms. The predicted octanol–water partition coefficient (Wildman–Crippen LogP) is 1.60. The summed E-state index contributed by atoms with van der Waals surface area (Å²) < 4.78 is 0. The molecule has 0 saturated heterocycles. The molecule has 1 rings (SSSR count). The molecule has 1 heterocycles. The van der Waals surface area contributed by atoms with Gasteiger partial charge in [0, 0.05) is 5.75 Å². The summed E-state index contributed by atoms with van der Waals surface area (Å²) in [5.74, 6) is 0.889. The molecule has 0 unspecified atom stereocenters. The topological polar surface area (TPSA) is 19.9 Å².